The normalized spacial score (nSPS) is 24.3. The van der Waals surface area contributed by atoms with E-state index in [1.807, 2.05) is 18.2 Å². The predicted molar refractivity (Wildman–Crippen MR) is 79.9 cm³/mol. The van der Waals surface area contributed by atoms with Crippen molar-refractivity contribution >= 4 is 10.0 Å². The maximum Gasteiger partial charge on any atom is 0.214 e. The van der Waals surface area contributed by atoms with Gasteiger partial charge in [0.05, 0.1) is 5.75 Å². The molecule has 2 heterocycles. The van der Waals surface area contributed by atoms with Crippen molar-refractivity contribution in [3.05, 3.63) is 35.4 Å². The number of sulfonamides is 1. The summed E-state index contributed by atoms with van der Waals surface area (Å²) in [6.45, 7) is 3.02. The van der Waals surface area contributed by atoms with Crippen LogP contribution >= 0.6 is 0 Å². The Morgan fingerprint density at radius 1 is 1.25 bits per heavy atom. The van der Waals surface area contributed by atoms with Crippen molar-refractivity contribution < 1.29 is 8.42 Å². The minimum Gasteiger partial charge on any atom is -0.316 e. The Balaban J connectivity index is 1.69. The first-order valence-electron chi connectivity index (χ1n) is 7.40. The molecule has 1 atom stereocenters. The molecule has 1 fully saturated rings. The van der Waals surface area contributed by atoms with Gasteiger partial charge in [-0.05, 0) is 49.4 Å². The van der Waals surface area contributed by atoms with Gasteiger partial charge in [0.15, 0.2) is 0 Å². The Bertz CT molecular complexity index is 565. The molecule has 5 heteroatoms. The molecule has 1 unspecified atom stereocenters. The van der Waals surface area contributed by atoms with Gasteiger partial charge in [0.2, 0.25) is 10.0 Å². The Labute approximate surface area is 121 Å². The van der Waals surface area contributed by atoms with E-state index in [-0.39, 0.29) is 5.92 Å². The number of fused-ring (bicyclic) bond motifs is 1. The second-order valence-electron chi connectivity index (χ2n) is 5.84. The smallest absolute Gasteiger partial charge is 0.214 e. The highest BCUT2D eigenvalue weighted by atomic mass is 32.2. The number of hydrogen-bond acceptors (Lipinski definition) is 3. The lowest BCUT2D eigenvalue weighted by molar-refractivity contribution is 0.366. The topological polar surface area (TPSA) is 49.4 Å². The van der Waals surface area contributed by atoms with Gasteiger partial charge in [-0.25, -0.2) is 8.42 Å². The largest absolute Gasteiger partial charge is 0.316 e. The molecule has 0 bridgehead atoms. The van der Waals surface area contributed by atoms with E-state index >= 15 is 0 Å². The zero-order valence-electron chi connectivity index (χ0n) is 11.7. The zero-order chi connectivity index (χ0) is 14.0. The van der Waals surface area contributed by atoms with Crippen LogP contribution in [-0.2, 0) is 23.0 Å². The molecule has 110 valence electrons. The average molecular weight is 294 g/mol. The van der Waals surface area contributed by atoms with E-state index in [4.69, 9.17) is 0 Å². The Kier molecular flexibility index (Phi) is 4.10. The first-order chi connectivity index (χ1) is 9.65. The fraction of sp³-hybridized carbons (Fsp3) is 0.600. The van der Waals surface area contributed by atoms with Crippen molar-refractivity contribution in [1.82, 2.24) is 9.62 Å². The van der Waals surface area contributed by atoms with Gasteiger partial charge in [0.1, 0.15) is 0 Å². The van der Waals surface area contributed by atoms with Crippen molar-refractivity contribution in [3.63, 3.8) is 0 Å². The summed E-state index contributed by atoms with van der Waals surface area (Å²) >= 11 is 0. The van der Waals surface area contributed by atoms with Crippen molar-refractivity contribution in [3.8, 4) is 0 Å². The van der Waals surface area contributed by atoms with Gasteiger partial charge in [0.25, 0.3) is 0 Å². The molecule has 0 aliphatic carbocycles. The van der Waals surface area contributed by atoms with Gasteiger partial charge in [-0.15, -0.1) is 0 Å². The maximum atomic E-state index is 12.6. The van der Waals surface area contributed by atoms with Crippen LogP contribution in [0.25, 0.3) is 0 Å². The van der Waals surface area contributed by atoms with E-state index < -0.39 is 10.0 Å². The van der Waals surface area contributed by atoms with E-state index in [0.717, 1.165) is 37.9 Å². The van der Waals surface area contributed by atoms with E-state index in [1.54, 1.807) is 4.31 Å². The molecule has 1 aromatic rings. The summed E-state index contributed by atoms with van der Waals surface area (Å²) in [6, 6.07) is 8.15. The van der Waals surface area contributed by atoms with E-state index in [2.05, 4.69) is 11.4 Å². The quantitative estimate of drug-likeness (QED) is 0.916. The third-order valence-electron chi connectivity index (χ3n) is 4.33. The maximum absolute atomic E-state index is 12.6. The van der Waals surface area contributed by atoms with Crippen molar-refractivity contribution in [2.45, 2.75) is 25.8 Å². The molecule has 1 saturated heterocycles. The van der Waals surface area contributed by atoms with Gasteiger partial charge in [-0.2, -0.15) is 4.31 Å². The van der Waals surface area contributed by atoms with Crippen LogP contribution in [0.2, 0.25) is 0 Å². The Morgan fingerprint density at radius 3 is 2.80 bits per heavy atom. The number of nitrogens with one attached hydrogen (secondary N) is 1. The second kappa shape index (κ2) is 5.84. The van der Waals surface area contributed by atoms with E-state index in [0.29, 0.717) is 18.8 Å². The lowest BCUT2D eigenvalue weighted by Crippen LogP contribution is -2.41. The first-order valence-corrected chi connectivity index (χ1v) is 9.01. The lowest BCUT2D eigenvalue weighted by Gasteiger charge is -2.30. The highest BCUT2D eigenvalue weighted by Crippen LogP contribution is 2.23. The SMILES string of the molecule is O=S(=O)(CC1CCCNC1)N1CCc2ccccc2C1. The number of benzene rings is 1. The van der Waals surface area contributed by atoms with Gasteiger partial charge < -0.3 is 5.32 Å². The minimum atomic E-state index is -3.13. The molecule has 1 N–H and O–H groups in total. The van der Waals surface area contributed by atoms with Gasteiger partial charge in [-0.1, -0.05) is 24.3 Å². The van der Waals surface area contributed by atoms with Crippen LogP contribution in [0.1, 0.15) is 24.0 Å². The van der Waals surface area contributed by atoms with Gasteiger partial charge in [-0.3, -0.25) is 0 Å². The van der Waals surface area contributed by atoms with Crippen LogP contribution in [0, 0.1) is 5.92 Å². The van der Waals surface area contributed by atoms with Crippen LogP contribution in [0.4, 0.5) is 0 Å². The van der Waals surface area contributed by atoms with Gasteiger partial charge >= 0.3 is 0 Å². The molecule has 4 nitrogen and oxygen atoms in total. The number of nitrogens with zero attached hydrogens (tertiary/aromatic N) is 1. The Hall–Kier alpha value is -0.910. The Morgan fingerprint density at radius 2 is 2.05 bits per heavy atom. The second-order valence-corrected chi connectivity index (χ2v) is 7.86. The lowest BCUT2D eigenvalue weighted by atomic mass is 10.0. The van der Waals surface area contributed by atoms with Crippen molar-refractivity contribution in [2.75, 3.05) is 25.4 Å². The van der Waals surface area contributed by atoms with Crippen LogP contribution in [0.5, 0.6) is 0 Å². The molecule has 0 radical (unpaired) electrons. The van der Waals surface area contributed by atoms with Crippen LogP contribution in [-0.4, -0.2) is 38.1 Å². The molecule has 20 heavy (non-hydrogen) atoms. The fourth-order valence-corrected chi connectivity index (χ4v) is 4.97. The first kappa shape index (κ1) is 14.0. The summed E-state index contributed by atoms with van der Waals surface area (Å²) in [6.07, 6.45) is 2.94. The molecule has 2 aliphatic heterocycles. The summed E-state index contributed by atoms with van der Waals surface area (Å²) in [7, 11) is -3.13. The molecule has 0 saturated carbocycles. The third-order valence-corrected chi connectivity index (χ3v) is 6.33. The highest BCUT2D eigenvalue weighted by molar-refractivity contribution is 7.89. The van der Waals surface area contributed by atoms with Crippen LogP contribution in [0.15, 0.2) is 24.3 Å². The number of piperidine rings is 1. The van der Waals surface area contributed by atoms with E-state index in [1.165, 1.54) is 5.56 Å². The summed E-state index contributed by atoms with van der Waals surface area (Å²) in [4.78, 5) is 0. The average Bonchev–Trinajstić information content (AvgIpc) is 2.47. The zero-order valence-corrected chi connectivity index (χ0v) is 12.5. The molecule has 3 rings (SSSR count). The molecular weight excluding hydrogens is 272 g/mol. The van der Waals surface area contributed by atoms with Crippen LogP contribution < -0.4 is 5.32 Å². The summed E-state index contributed by atoms with van der Waals surface area (Å²) < 4.78 is 26.8. The number of rotatable bonds is 3. The molecule has 0 spiro atoms. The highest BCUT2D eigenvalue weighted by Gasteiger charge is 2.29. The third kappa shape index (κ3) is 3.05. The van der Waals surface area contributed by atoms with Crippen LogP contribution in [0.3, 0.4) is 0 Å². The molecule has 0 aromatic heterocycles. The van der Waals surface area contributed by atoms with E-state index in [9.17, 15) is 8.42 Å². The summed E-state index contributed by atoms with van der Waals surface area (Å²) in [5.74, 6) is 0.563. The number of hydrogen-bond donors (Lipinski definition) is 1. The molecule has 1 aromatic carbocycles. The standard InChI is InChI=1S/C15H22N2O2S/c18-20(19,12-13-4-3-8-16-10-13)17-9-7-14-5-1-2-6-15(14)11-17/h1-2,5-6,13,16H,3-4,7-12H2. The molecular formula is C15H22N2O2S. The molecule has 2 aliphatic rings. The fourth-order valence-electron chi connectivity index (χ4n) is 3.18. The minimum absolute atomic E-state index is 0.269. The van der Waals surface area contributed by atoms with Gasteiger partial charge in [0, 0.05) is 13.1 Å². The molecule has 0 amide bonds. The summed E-state index contributed by atoms with van der Waals surface area (Å²) in [5, 5.41) is 3.29. The van der Waals surface area contributed by atoms with Crippen molar-refractivity contribution in [1.29, 1.82) is 0 Å². The summed E-state index contributed by atoms with van der Waals surface area (Å²) in [5.41, 5.74) is 2.45. The monoisotopic (exact) mass is 294 g/mol. The predicted octanol–water partition coefficient (Wildman–Crippen LogP) is 1.37. The van der Waals surface area contributed by atoms with Crippen molar-refractivity contribution in [2.24, 2.45) is 5.92 Å².